The molecule has 4 rings (SSSR count). The van der Waals surface area contributed by atoms with Gasteiger partial charge in [0, 0.05) is 37.4 Å². The monoisotopic (exact) mass is 504 g/mol. The Morgan fingerprint density at radius 2 is 1.81 bits per heavy atom. The quantitative estimate of drug-likeness (QED) is 0.497. The lowest BCUT2D eigenvalue weighted by Crippen LogP contribution is -2.49. The van der Waals surface area contributed by atoms with Crippen molar-refractivity contribution in [3.8, 4) is 6.01 Å². The zero-order chi connectivity index (χ0) is 25.9. The standard InChI is InChI=1S/C24H24F4N6O2/c1-3-36-23-31-21(29-18-6-4-5-17(14-18)24(26,27)28)30-22(32-23)34-11-9-33(10-12-34)20(35)16-7-8-19(25)15(2)13-16/h4-8,13-14H,3,9-12H2,1-2H3,(H,29,30,31,32). The van der Waals surface area contributed by atoms with Gasteiger partial charge in [-0.2, -0.15) is 28.1 Å². The summed E-state index contributed by atoms with van der Waals surface area (Å²) in [6.45, 7) is 5.21. The van der Waals surface area contributed by atoms with Crippen LogP contribution in [0, 0.1) is 12.7 Å². The van der Waals surface area contributed by atoms with Crippen molar-refractivity contribution in [1.82, 2.24) is 19.9 Å². The minimum Gasteiger partial charge on any atom is -0.464 e. The van der Waals surface area contributed by atoms with Crippen LogP contribution < -0.4 is 15.0 Å². The van der Waals surface area contributed by atoms with Gasteiger partial charge in [-0.05, 0) is 55.8 Å². The third-order valence-corrected chi connectivity index (χ3v) is 5.58. The fourth-order valence-corrected chi connectivity index (χ4v) is 3.71. The molecule has 1 aliphatic rings. The van der Waals surface area contributed by atoms with E-state index in [1.54, 1.807) is 18.7 Å². The topological polar surface area (TPSA) is 83.5 Å². The number of ether oxygens (including phenoxy) is 1. The van der Waals surface area contributed by atoms with Gasteiger partial charge in [0.2, 0.25) is 11.9 Å². The van der Waals surface area contributed by atoms with Gasteiger partial charge in [-0.15, -0.1) is 0 Å². The van der Waals surface area contributed by atoms with Gasteiger partial charge in [0.05, 0.1) is 12.2 Å². The van der Waals surface area contributed by atoms with Crippen LogP contribution in [-0.4, -0.2) is 58.5 Å². The zero-order valence-electron chi connectivity index (χ0n) is 19.6. The molecule has 2 heterocycles. The molecule has 8 nitrogen and oxygen atoms in total. The number of aromatic nitrogens is 3. The predicted octanol–water partition coefficient (Wildman–Crippen LogP) is 4.44. The second-order valence-electron chi connectivity index (χ2n) is 8.12. The highest BCUT2D eigenvalue weighted by molar-refractivity contribution is 5.94. The van der Waals surface area contributed by atoms with E-state index in [-0.39, 0.29) is 41.9 Å². The third kappa shape index (κ3) is 5.81. The van der Waals surface area contributed by atoms with Gasteiger partial charge in [-0.25, -0.2) is 4.39 Å². The van der Waals surface area contributed by atoms with E-state index in [9.17, 15) is 22.4 Å². The maximum Gasteiger partial charge on any atom is 0.416 e. The number of benzene rings is 2. The van der Waals surface area contributed by atoms with Crippen LogP contribution in [-0.2, 0) is 6.18 Å². The zero-order valence-corrected chi connectivity index (χ0v) is 19.6. The second-order valence-corrected chi connectivity index (χ2v) is 8.12. The van der Waals surface area contributed by atoms with Gasteiger partial charge in [0.15, 0.2) is 0 Å². The molecule has 1 saturated heterocycles. The lowest BCUT2D eigenvalue weighted by atomic mass is 10.1. The molecule has 1 fully saturated rings. The van der Waals surface area contributed by atoms with E-state index < -0.39 is 11.7 Å². The highest BCUT2D eigenvalue weighted by atomic mass is 19.4. The number of alkyl halides is 3. The van der Waals surface area contributed by atoms with Gasteiger partial charge in [-0.1, -0.05) is 6.07 Å². The number of hydrogen-bond donors (Lipinski definition) is 1. The van der Waals surface area contributed by atoms with E-state index in [0.29, 0.717) is 37.3 Å². The number of piperazine rings is 1. The van der Waals surface area contributed by atoms with Crippen molar-refractivity contribution in [2.24, 2.45) is 0 Å². The molecule has 0 spiro atoms. The number of carbonyl (C=O) groups is 1. The minimum absolute atomic E-state index is 0.0252. The SMILES string of the molecule is CCOc1nc(Nc2cccc(C(F)(F)F)c2)nc(N2CCN(C(=O)c3ccc(F)c(C)c3)CC2)n1. The van der Waals surface area contributed by atoms with Crippen LogP contribution in [0.25, 0.3) is 0 Å². The summed E-state index contributed by atoms with van der Waals surface area (Å²) in [6, 6.07) is 8.99. The van der Waals surface area contributed by atoms with Crippen molar-refractivity contribution < 1.29 is 27.1 Å². The van der Waals surface area contributed by atoms with Crippen molar-refractivity contribution in [2.75, 3.05) is 43.0 Å². The molecule has 36 heavy (non-hydrogen) atoms. The first-order valence-electron chi connectivity index (χ1n) is 11.3. The van der Waals surface area contributed by atoms with Crippen molar-refractivity contribution in [2.45, 2.75) is 20.0 Å². The maximum atomic E-state index is 13.6. The van der Waals surface area contributed by atoms with Crippen molar-refractivity contribution in [3.63, 3.8) is 0 Å². The van der Waals surface area contributed by atoms with Crippen molar-refractivity contribution in [3.05, 3.63) is 65.0 Å². The molecule has 3 aromatic rings. The van der Waals surface area contributed by atoms with Gasteiger partial charge < -0.3 is 19.9 Å². The number of nitrogens with one attached hydrogen (secondary N) is 1. The molecule has 12 heteroatoms. The summed E-state index contributed by atoms with van der Waals surface area (Å²) in [5.41, 5.74) is 0.168. The fourth-order valence-electron chi connectivity index (χ4n) is 3.71. The van der Waals surface area contributed by atoms with Crippen LogP contribution in [0.5, 0.6) is 6.01 Å². The van der Waals surface area contributed by atoms with Crippen LogP contribution in [0.2, 0.25) is 0 Å². The second kappa shape index (κ2) is 10.3. The summed E-state index contributed by atoms with van der Waals surface area (Å²) >= 11 is 0. The molecule has 1 N–H and O–H groups in total. The Bertz CT molecular complexity index is 1250. The Kier molecular flexibility index (Phi) is 7.22. The lowest BCUT2D eigenvalue weighted by Gasteiger charge is -2.34. The fraction of sp³-hybridized carbons (Fsp3) is 0.333. The molecule has 0 atom stereocenters. The van der Waals surface area contributed by atoms with E-state index in [2.05, 4.69) is 20.3 Å². The first-order chi connectivity index (χ1) is 17.1. The Balaban J connectivity index is 1.49. The van der Waals surface area contributed by atoms with E-state index in [0.717, 1.165) is 12.1 Å². The maximum absolute atomic E-state index is 13.6. The van der Waals surface area contributed by atoms with Gasteiger partial charge in [0.25, 0.3) is 5.91 Å². The number of halogens is 4. The molecule has 1 aliphatic heterocycles. The number of nitrogens with zero attached hydrogens (tertiary/aromatic N) is 5. The summed E-state index contributed by atoms with van der Waals surface area (Å²) in [4.78, 5) is 29.1. The largest absolute Gasteiger partial charge is 0.464 e. The number of carbonyl (C=O) groups excluding carboxylic acids is 1. The number of hydrogen-bond acceptors (Lipinski definition) is 7. The average molecular weight is 504 g/mol. The van der Waals surface area contributed by atoms with Crippen molar-refractivity contribution >= 4 is 23.5 Å². The number of rotatable bonds is 6. The van der Waals surface area contributed by atoms with Crippen molar-refractivity contribution in [1.29, 1.82) is 0 Å². The summed E-state index contributed by atoms with van der Waals surface area (Å²) in [6.07, 6.45) is -4.48. The normalized spacial score (nSPS) is 14.1. The molecular weight excluding hydrogens is 480 g/mol. The first kappa shape index (κ1) is 25.1. The molecule has 0 saturated carbocycles. The van der Waals surface area contributed by atoms with Gasteiger partial charge in [0.1, 0.15) is 5.82 Å². The average Bonchev–Trinajstić information content (AvgIpc) is 2.85. The van der Waals surface area contributed by atoms with Crippen LogP contribution >= 0.6 is 0 Å². The molecule has 1 amide bonds. The Labute approximate surface area is 204 Å². The summed E-state index contributed by atoms with van der Waals surface area (Å²) < 4.78 is 58.2. The Hall–Kier alpha value is -3.96. The number of amides is 1. The van der Waals surface area contributed by atoms with Crippen LogP contribution in [0.4, 0.5) is 35.1 Å². The molecular formula is C24H24F4N6O2. The first-order valence-corrected chi connectivity index (χ1v) is 11.3. The highest BCUT2D eigenvalue weighted by Crippen LogP contribution is 2.31. The lowest BCUT2D eigenvalue weighted by molar-refractivity contribution is -0.137. The van der Waals surface area contributed by atoms with Gasteiger partial charge in [-0.3, -0.25) is 4.79 Å². The minimum atomic E-state index is -4.48. The van der Waals surface area contributed by atoms with Crippen LogP contribution in [0.1, 0.15) is 28.4 Å². The van der Waals surface area contributed by atoms with Crippen LogP contribution in [0.15, 0.2) is 42.5 Å². The molecule has 0 radical (unpaired) electrons. The summed E-state index contributed by atoms with van der Waals surface area (Å²) in [5, 5.41) is 2.79. The molecule has 0 unspecified atom stereocenters. The van der Waals surface area contributed by atoms with E-state index >= 15 is 0 Å². The highest BCUT2D eigenvalue weighted by Gasteiger charge is 2.30. The van der Waals surface area contributed by atoms with E-state index in [1.807, 2.05) is 4.90 Å². The molecule has 190 valence electrons. The number of anilines is 3. The van der Waals surface area contributed by atoms with E-state index in [4.69, 9.17) is 4.74 Å². The molecule has 0 aliphatic carbocycles. The third-order valence-electron chi connectivity index (χ3n) is 5.58. The van der Waals surface area contributed by atoms with E-state index in [1.165, 1.54) is 30.3 Å². The van der Waals surface area contributed by atoms with Crippen LogP contribution in [0.3, 0.4) is 0 Å². The number of aryl methyl sites for hydroxylation is 1. The van der Waals surface area contributed by atoms with Gasteiger partial charge >= 0.3 is 12.2 Å². The predicted molar refractivity (Wildman–Crippen MR) is 125 cm³/mol. The Morgan fingerprint density at radius 3 is 2.47 bits per heavy atom. The molecule has 0 bridgehead atoms. The summed E-state index contributed by atoms with van der Waals surface area (Å²) in [7, 11) is 0. The molecule has 2 aromatic carbocycles. The Morgan fingerprint density at radius 1 is 1.06 bits per heavy atom. The molecule has 1 aromatic heterocycles. The summed E-state index contributed by atoms with van der Waals surface area (Å²) in [5.74, 6) is -0.267. The smallest absolute Gasteiger partial charge is 0.416 e.